The summed E-state index contributed by atoms with van der Waals surface area (Å²) in [6.07, 6.45) is 1.89. The van der Waals surface area contributed by atoms with E-state index in [0.29, 0.717) is 56.9 Å². The average Bonchev–Trinajstić information content (AvgIpc) is 3.59. The van der Waals surface area contributed by atoms with E-state index in [1.54, 1.807) is 20.1 Å². The molecule has 2 atom stereocenters. The monoisotopic (exact) mass is 495 g/mol. The van der Waals surface area contributed by atoms with Crippen molar-refractivity contribution in [2.75, 3.05) is 58.2 Å². The van der Waals surface area contributed by atoms with E-state index in [2.05, 4.69) is 15.2 Å². The molecule has 0 unspecified atom stereocenters. The molecule has 0 aromatic carbocycles. The van der Waals surface area contributed by atoms with Gasteiger partial charge in [-0.1, -0.05) is 13.8 Å². The molecular weight excluding hydrogens is 457 g/mol. The third kappa shape index (κ3) is 6.61. The maximum absolute atomic E-state index is 13.1. The van der Waals surface area contributed by atoms with Crippen molar-refractivity contribution in [2.45, 2.75) is 51.7 Å². The number of hydrogen-bond acceptors (Lipinski definition) is 8. The number of rotatable bonds is 15. The normalized spacial score (nSPS) is 19.7. The highest BCUT2D eigenvalue weighted by Crippen LogP contribution is 2.40. The summed E-state index contributed by atoms with van der Waals surface area (Å²) in [5.41, 5.74) is -0.150. The van der Waals surface area contributed by atoms with E-state index in [4.69, 9.17) is 18.9 Å². The molecule has 0 spiro atoms. The maximum Gasteiger partial charge on any atom is 0.331 e. The van der Waals surface area contributed by atoms with Gasteiger partial charge in [0.15, 0.2) is 0 Å². The van der Waals surface area contributed by atoms with Crippen LogP contribution in [0.3, 0.4) is 0 Å². The molecular formula is C25H38FN3O6. The van der Waals surface area contributed by atoms with Crippen LogP contribution in [0.25, 0.3) is 0 Å². The van der Waals surface area contributed by atoms with Crippen molar-refractivity contribution >= 4 is 17.6 Å². The van der Waals surface area contributed by atoms with Crippen LogP contribution in [0, 0.1) is 11.8 Å². The van der Waals surface area contributed by atoms with Crippen molar-refractivity contribution in [1.82, 2.24) is 10.3 Å². The first kappa shape index (κ1) is 27.1. The molecule has 0 radical (unpaired) electrons. The summed E-state index contributed by atoms with van der Waals surface area (Å²) in [7, 11) is 1.68. The molecule has 1 N–H and O–H groups in total. The maximum atomic E-state index is 13.1. The Bertz CT molecular complexity index is 860. The lowest BCUT2D eigenvalue weighted by molar-refractivity contribution is -0.151. The predicted octanol–water partition coefficient (Wildman–Crippen LogP) is 2.77. The summed E-state index contributed by atoms with van der Waals surface area (Å²) in [5.74, 6) is 0.115. The number of hydrogen-bond donors (Lipinski definition) is 1. The zero-order valence-electron chi connectivity index (χ0n) is 21.2. The Morgan fingerprint density at radius 1 is 1.17 bits per heavy atom. The highest BCUT2D eigenvalue weighted by atomic mass is 19.1. The summed E-state index contributed by atoms with van der Waals surface area (Å²) < 4.78 is 34.2. The van der Waals surface area contributed by atoms with Crippen molar-refractivity contribution in [3.05, 3.63) is 17.8 Å². The largest absolute Gasteiger partial charge is 0.476 e. The van der Waals surface area contributed by atoms with E-state index in [9.17, 15) is 14.0 Å². The Labute approximate surface area is 206 Å². The summed E-state index contributed by atoms with van der Waals surface area (Å²) >= 11 is 0. The Morgan fingerprint density at radius 2 is 1.89 bits per heavy atom. The number of methoxy groups -OCH3 is 1. The summed E-state index contributed by atoms with van der Waals surface area (Å²) in [5, 5.41) is 2.85. The minimum Gasteiger partial charge on any atom is -0.476 e. The Balaban J connectivity index is 1.72. The topological polar surface area (TPSA) is 99.2 Å². The number of alkyl halides is 1. The van der Waals surface area contributed by atoms with Crippen LogP contribution in [0.15, 0.2) is 12.1 Å². The molecule has 1 aromatic rings. The number of aromatic nitrogens is 1. The highest BCUT2D eigenvalue weighted by molar-refractivity contribution is 5.97. The third-order valence-electron chi connectivity index (χ3n) is 6.88. The quantitative estimate of drug-likeness (QED) is 0.293. The SMILES string of the molecule is CCOC(=O)C(CC)(CC)NC(=O)c1ccc(N2CC(OC)C2)c(OC[C@@H]2C[C@H]2COCCF)n1. The fourth-order valence-corrected chi connectivity index (χ4v) is 4.20. The lowest BCUT2D eigenvalue weighted by Crippen LogP contribution is -2.54. The van der Waals surface area contributed by atoms with Crippen molar-refractivity contribution in [3.63, 3.8) is 0 Å². The highest BCUT2D eigenvalue weighted by Gasteiger charge is 2.40. The Kier molecular flexibility index (Phi) is 9.68. The van der Waals surface area contributed by atoms with Gasteiger partial charge in [0.25, 0.3) is 5.91 Å². The lowest BCUT2D eigenvalue weighted by atomic mass is 9.92. The van der Waals surface area contributed by atoms with E-state index >= 15 is 0 Å². The van der Waals surface area contributed by atoms with E-state index in [1.807, 2.05) is 19.9 Å². The molecule has 196 valence electrons. The first-order valence-corrected chi connectivity index (χ1v) is 12.5. The number of carbonyl (C=O) groups excluding carboxylic acids is 2. The predicted molar refractivity (Wildman–Crippen MR) is 129 cm³/mol. The fraction of sp³-hybridized carbons (Fsp3) is 0.720. The molecule has 2 fully saturated rings. The number of ether oxygens (including phenoxy) is 4. The number of nitrogens with one attached hydrogen (secondary N) is 1. The molecule has 1 aromatic heterocycles. The van der Waals surface area contributed by atoms with Gasteiger partial charge in [-0.15, -0.1) is 0 Å². The first-order chi connectivity index (χ1) is 16.9. The van der Waals surface area contributed by atoms with Crippen LogP contribution < -0.4 is 15.0 Å². The minimum absolute atomic E-state index is 0.116. The standard InChI is InChI=1S/C25H38FN3O6/c1-5-25(6-2,24(31)34-7-3)28-22(30)20-8-9-21(29-13-19(14-29)32-4)23(27-20)35-16-18-12-17(18)15-33-11-10-26/h8-9,17-19H,5-7,10-16H2,1-4H3,(H,28,30)/t17-,18-/m0/s1. The van der Waals surface area contributed by atoms with Crippen LogP contribution in [-0.4, -0.2) is 81.8 Å². The van der Waals surface area contributed by atoms with Gasteiger partial charge in [0, 0.05) is 26.8 Å². The zero-order valence-corrected chi connectivity index (χ0v) is 21.2. The van der Waals surface area contributed by atoms with Crippen LogP contribution in [0.5, 0.6) is 5.88 Å². The Hall–Kier alpha value is -2.46. The Morgan fingerprint density at radius 3 is 2.51 bits per heavy atom. The molecule has 1 aliphatic heterocycles. The molecule has 0 bridgehead atoms. The van der Waals surface area contributed by atoms with Crippen LogP contribution in [-0.2, 0) is 19.0 Å². The second-order valence-corrected chi connectivity index (χ2v) is 9.08. The number of anilines is 1. The van der Waals surface area contributed by atoms with Gasteiger partial charge in [0.1, 0.15) is 23.6 Å². The number of amides is 1. The molecule has 2 heterocycles. The van der Waals surface area contributed by atoms with E-state index < -0.39 is 24.1 Å². The number of halogens is 1. The van der Waals surface area contributed by atoms with Crippen LogP contribution in [0.4, 0.5) is 10.1 Å². The van der Waals surface area contributed by atoms with E-state index in [-0.39, 0.29) is 25.0 Å². The molecule has 35 heavy (non-hydrogen) atoms. The van der Waals surface area contributed by atoms with Gasteiger partial charge in [0.05, 0.1) is 25.9 Å². The number of carbonyl (C=O) groups is 2. The van der Waals surface area contributed by atoms with Crippen molar-refractivity contribution in [3.8, 4) is 5.88 Å². The second kappa shape index (κ2) is 12.5. The van der Waals surface area contributed by atoms with Gasteiger partial charge in [-0.25, -0.2) is 14.2 Å². The lowest BCUT2D eigenvalue weighted by Gasteiger charge is -2.40. The van der Waals surface area contributed by atoms with Gasteiger partial charge >= 0.3 is 5.97 Å². The van der Waals surface area contributed by atoms with Gasteiger partial charge in [-0.05, 0) is 50.2 Å². The molecule has 9 nitrogen and oxygen atoms in total. The third-order valence-corrected chi connectivity index (χ3v) is 6.88. The average molecular weight is 496 g/mol. The van der Waals surface area contributed by atoms with Gasteiger partial charge in [-0.2, -0.15) is 0 Å². The number of esters is 1. The molecule has 1 amide bonds. The molecule has 2 aliphatic rings. The number of nitrogens with zero attached hydrogens (tertiary/aromatic N) is 2. The van der Waals surface area contributed by atoms with Gasteiger partial charge < -0.3 is 29.2 Å². The summed E-state index contributed by atoms with van der Waals surface area (Å²) in [6, 6.07) is 3.46. The zero-order chi connectivity index (χ0) is 25.4. The van der Waals surface area contributed by atoms with Crippen LogP contribution in [0.2, 0.25) is 0 Å². The number of pyridine rings is 1. The van der Waals surface area contributed by atoms with E-state index in [1.165, 1.54) is 0 Å². The second-order valence-electron chi connectivity index (χ2n) is 9.08. The first-order valence-electron chi connectivity index (χ1n) is 12.5. The summed E-state index contributed by atoms with van der Waals surface area (Å²) in [6.45, 7) is 7.66. The molecule has 1 aliphatic carbocycles. The van der Waals surface area contributed by atoms with Crippen LogP contribution in [0.1, 0.15) is 50.5 Å². The van der Waals surface area contributed by atoms with Crippen LogP contribution >= 0.6 is 0 Å². The molecule has 10 heteroatoms. The fourth-order valence-electron chi connectivity index (χ4n) is 4.20. The van der Waals surface area contributed by atoms with Crippen molar-refractivity contribution < 1.29 is 32.9 Å². The van der Waals surface area contributed by atoms with Gasteiger partial charge in [-0.3, -0.25) is 4.79 Å². The smallest absolute Gasteiger partial charge is 0.331 e. The molecule has 1 saturated heterocycles. The minimum atomic E-state index is -1.11. The van der Waals surface area contributed by atoms with Gasteiger partial charge in [0.2, 0.25) is 5.88 Å². The molecule has 1 saturated carbocycles. The van der Waals surface area contributed by atoms with Crippen molar-refractivity contribution in [2.24, 2.45) is 11.8 Å². The molecule has 3 rings (SSSR count). The van der Waals surface area contributed by atoms with E-state index in [0.717, 1.165) is 12.1 Å². The van der Waals surface area contributed by atoms with Crippen molar-refractivity contribution in [1.29, 1.82) is 0 Å². The summed E-state index contributed by atoms with van der Waals surface area (Å²) in [4.78, 5) is 32.3.